The lowest BCUT2D eigenvalue weighted by atomic mass is 10.2. The molecule has 0 aromatic heterocycles. The van der Waals surface area contributed by atoms with Crippen LogP contribution < -0.4 is 10.2 Å². The number of carbonyl (C=O) groups is 1. The number of carbonyl (C=O) groups excluding carboxylic acids is 1. The van der Waals surface area contributed by atoms with Gasteiger partial charge in [0.15, 0.2) is 11.5 Å². The average molecular weight is 273 g/mol. The number of hydrogen-bond donors (Lipinski definition) is 2. The van der Waals surface area contributed by atoms with E-state index in [-0.39, 0.29) is 11.5 Å². The van der Waals surface area contributed by atoms with E-state index in [0.29, 0.717) is 17.2 Å². The van der Waals surface area contributed by atoms with Crippen LogP contribution >= 0.6 is 11.6 Å². The standard InChI is InChI=1S/C11H13ClN2O4/c1-3-18-9-5-8(12)4-7(10(9)15)6-13-14-11(16)17-2/h4-6,15H,3H2,1-2H3,(H,14,16)/b13-6-. The van der Waals surface area contributed by atoms with Gasteiger partial charge < -0.3 is 14.6 Å². The van der Waals surface area contributed by atoms with Crippen LogP contribution in [0.5, 0.6) is 11.5 Å². The lowest BCUT2D eigenvalue weighted by molar-refractivity contribution is 0.171. The third-order valence-corrected chi connectivity index (χ3v) is 2.13. The number of hydrazone groups is 1. The normalized spacial score (nSPS) is 10.4. The molecule has 0 aliphatic carbocycles. The zero-order chi connectivity index (χ0) is 13.5. The number of rotatable bonds is 4. The Balaban J connectivity index is 2.91. The van der Waals surface area contributed by atoms with Crippen molar-refractivity contribution >= 4 is 23.9 Å². The van der Waals surface area contributed by atoms with Crippen molar-refractivity contribution in [3.63, 3.8) is 0 Å². The van der Waals surface area contributed by atoms with Crippen LogP contribution in [0.15, 0.2) is 17.2 Å². The van der Waals surface area contributed by atoms with Crippen molar-refractivity contribution in [1.82, 2.24) is 5.43 Å². The molecule has 0 saturated heterocycles. The number of nitrogens with zero attached hydrogens (tertiary/aromatic N) is 1. The molecule has 0 aliphatic rings. The van der Waals surface area contributed by atoms with Gasteiger partial charge in [0.2, 0.25) is 0 Å². The molecule has 1 amide bonds. The molecule has 7 heteroatoms. The number of nitrogens with one attached hydrogen (secondary N) is 1. The molecule has 0 unspecified atom stereocenters. The minimum atomic E-state index is -0.710. The van der Waals surface area contributed by atoms with Crippen molar-refractivity contribution in [2.75, 3.05) is 13.7 Å². The molecule has 0 saturated carbocycles. The Morgan fingerprint density at radius 2 is 2.33 bits per heavy atom. The lowest BCUT2D eigenvalue weighted by Crippen LogP contribution is -2.16. The Kier molecular flexibility index (Phi) is 5.26. The van der Waals surface area contributed by atoms with Crippen molar-refractivity contribution in [2.45, 2.75) is 6.92 Å². The lowest BCUT2D eigenvalue weighted by Gasteiger charge is -2.08. The third-order valence-electron chi connectivity index (χ3n) is 1.91. The topological polar surface area (TPSA) is 80.2 Å². The van der Waals surface area contributed by atoms with Gasteiger partial charge in [-0.15, -0.1) is 0 Å². The van der Waals surface area contributed by atoms with Crippen molar-refractivity contribution in [3.05, 3.63) is 22.7 Å². The van der Waals surface area contributed by atoms with Gasteiger partial charge in [-0.1, -0.05) is 11.6 Å². The molecule has 6 nitrogen and oxygen atoms in total. The van der Waals surface area contributed by atoms with Crippen LogP contribution in [0.3, 0.4) is 0 Å². The highest BCUT2D eigenvalue weighted by atomic mass is 35.5. The van der Waals surface area contributed by atoms with Gasteiger partial charge in [-0.05, 0) is 13.0 Å². The number of phenols is 1. The highest BCUT2D eigenvalue weighted by Gasteiger charge is 2.09. The molecule has 1 aromatic carbocycles. The molecule has 98 valence electrons. The van der Waals surface area contributed by atoms with Gasteiger partial charge in [-0.25, -0.2) is 10.2 Å². The summed E-state index contributed by atoms with van der Waals surface area (Å²) in [6.45, 7) is 2.18. The zero-order valence-corrected chi connectivity index (χ0v) is 10.7. The summed E-state index contributed by atoms with van der Waals surface area (Å²) in [7, 11) is 1.22. The van der Waals surface area contributed by atoms with Crippen LogP contribution in [0.2, 0.25) is 5.02 Å². The molecule has 1 rings (SSSR count). The molecule has 0 aliphatic heterocycles. The summed E-state index contributed by atoms with van der Waals surface area (Å²) in [4.78, 5) is 10.8. The Bertz CT molecular complexity index is 463. The molecule has 2 N–H and O–H groups in total. The first-order valence-corrected chi connectivity index (χ1v) is 5.48. The molecule has 0 heterocycles. The number of ether oxygens (including phenoxy) is 2. The first kappa shape index (κ1) is 14.1. The summed E-state index contributed by atoms with van der Waals surface area (Å²) in [5, 5.41) is 13.8. The molecule has 0 spiro atoms. The van der Waals surface area contributed by atoms with Crippen LogP contribution in [-0.4, -0.2) is 31.1 Å². The zero-order valence-electron chi connectivity index (χ0n) is 9.94. The second-order valence-corrected chi connectivity index (χ2v) is 3.57. The summed E-state index contributed by atoms with van der Waals surface area (Å²) in [5.41, 5.74) is 2.41. The van der Waals surface area contributed by atoms with Gasteiger partial charge in [-0.3, -0.25) is 0 Å². The number of halogens is 1. The molecule has 18 heavy (non-hydrogen) atoms. The molecule has 1 aromatic rings. The molecule has 0 atom stereocenters. The van der Waals surface area contributed by atoms with E-state index in [2.05, 4.69) is 15.3 Å². The summed E-state index contributed by atoms with van der Waals surface area (Å²) in [6.07, 6.45) is 0.526. The van der Waals surface area contributed by atoms with Crippen LogP contribution in [0, 0.1) is 0 Å². The average Bonchev–Trinajstić information content (AvgIpc) is 2.34. The van der Waals surface area contributed by atoms with Crippen LogP contribution in [0.4, 0.5) is 4.79 Å². The molecular formula is C11H13ClN2O4. The van der Waals surface area contributed by atoms with E-state index in [4.69, 9.17) is 16.3 Å². The predicted molar refractivity (Wildman–Crippen MR) is 67.4 cm³/mol. The number of benzene rings is 1. The van der Waals surface area contributed by atoms with Gasteiger partial charge in [0.25, 0.3) is 0 Å². The van der Waals surface area contributed by atoms with Crippen LogP contribution in [-0.2, 0) is 4.74 Å². The minimum Gasteiger partial charge on any atom is -0.504 e. The largest absolute Gasteiger partial charge is 0.504 e. The summed E-state index contributed by atoms with van der Waals surface area (Å²) in [6, 6.07) is 2.98. The first-order chi connectivity index (χ1) is 8.58. The van der Waals surface area contributed by atoms with Gasteiger partial charge in [0, 0.05) is 16.7 Å². The van der Waals surface area contributed by atoms with E-state index in [0.717, 1.165) is 0 Å². The molecule has 0 fully saturated rings. The van der Waals surface area contributed by atoms with E-state index in [9.17, 15) is 9.90 Å². The Hall–Kier alpha value is -1.95. The van der Waals surface area contributed by atoms with Crippen molar-refractivity contribution in [3.8, 4) is 11.5 Å². The molecule has 0 bridgehead atoms. The second-order valence-electron chi connectivity index (χ2n) is 3.14. The summed E-state index contributed by atoms with van der Waals surface area (Å²) < 4.78 is 9.53. The Morgan fingerprint density at radius 3 is 2.94 bits per heavy atom. The van der Waals surface area contributed by atoms with E-state index < -0.39 is 6.09 Å². The number of amides is 1. The van der Waals surface area contributed by atoms with Crippen LogP contribution in [0.25, 0.3) is 0 Å². The monoisotopic (exact) mass is 272 g/mol. The van der Waals surface area contributed by atoms with Gasteiger partial charge in [-0.2, -0.15) is 5.10 Å². The maximum Gasteiger partial charge on any atom is 0.427 e. The fourth-order valence-corrected chi connectivity index (χ4v) is 1.38. The maximum absolute atomic E-state index is 10.8. The van der Waals surface area contributed by atoms with Crippen molar-refractivity contribution < 1.29 is 19.4 Å². The number of aromatic hydroxyl groups is 1. The number of methoxy groups -OCH3 is 1. The highest BCUT2D eigenvalue weighted by molar-refractivity contribution is 6.31. The fourth-order valence-electron chi connectivity index (χ4n) is 1.16. The van der Waals surface area contributed by atoms with E-state index in [1.165, 1.54) is 25.5 Å². The van der Waals surface area contributed by atoms with Crippen molar-refractivity contribution in [2.24, 2.45) is 5.10 Å². The van der Waals surface area contributed by atoms with Gasteiger partial charge in [0.1, 0.15) is 0 Å². The quantitative estimate of drug-likeness (QED) is 0.650. The highest BCUT2D eigenvalue weighted by Crippen LogP contribution is 2.32. The molecule has 0 radical (unpaired) electrons. The SMILES string of the molecule is CCOc1cc(Cl)cc(/C=N\NC(=O)OC)c1O. The second kappa shape index (κ2) is 6.70. The van der Waals surface area contributed by atoms with E-state index >= 15 is 0 Å². The van der Waals surface area contributed by atoms with E-state index in [1.54, 1.807) is 6.92 Å². The van der Waals surface area contributed by atoms with Gasteiger partial charge in [0.05, 0.1) is 19.9 Å². The van der Waals surface area contributed by atoms with Gasteiger partial charge >= 0.3 is 6.09 Å². The number of phenolic OH excluding ortho intramolecular Hbond substituents is 1. The molecular weight excluding hydrogens is 260 g/mol. The minimum absolute atomic E-state index is 0.100. The Morgan fingerprint density at radius 1 is 1.61 bits per heavy atom. The third kappa shape index (κ3) is 3.81. The number of hydrogen-bond acceptors (Lipinski definition) is 5. The summed E-state index contributed by atoms with van der Waals surface area (Å²) in [5.74, 6) is 0.154. The smallest absolute Gasteiger partial charge is 0.427 e. The maximum atomic E-state index is 10.8. The van der Waals surface area contributed by atoms with Crippen LogP contribution in [0.1, 0.15) is 12.5 Å². The van der Waals surface area contributed by atoms with Crippen molar-refractivity contribution in [1.29, 1.82) is 0 Å². The summed E-state index contributed by atoms with van der Waals surface area (Å²) >= 11 is 5.86. The predicted octanol–water partition coefficient (Wildman–Crippen LogP) is 2.13. The Labute approximate surface area is 109 Å². The van der Waals surface area contributed by atoms with E-state index in [1.807, 2.05) is 0 Å². The fraction of sp³-hybridized carbons (Fsp3) is 0.273. The first-order valence-electron chi connectivity index (χ1n) is 5.10.